The zero-order chi connectivity index (χ0) is 18.5. The maximum absolute atomic E-state index is 4.90. The van der Waals surface area contributed by atoms with E-state index in [1.807, 2.05) is 35.6 Å². The average Bonchev–Trinajstić information content (AvgIpc) is 3.31. The lowest BCUT2D eigenvalue weighted by Gasteiger charge is -2.26. The highest BCUT2D eigenvalue weighted by Gasteiger charge is 2.39. The molecule has 6 rings (SSSR count). The molecular formula is C23H18N4S. The minimum atomic E-state index is 0.620. The number of benzene rings is 1. The predicted molar refractivity (Wildman–Crippen MR) is 114 cm³/mol. The topological polar surface area (TPSA) is 50.7 Å². The number of aromatic nitrogens is 3. The molecule has 1 aromatic carbocycles. The molecule has 3 heterocycles. The molecule has 2 aliphatic rings. The number of fused-ring (bicyclic) bond motifs is 6. The number of nitrogens with one attached hydrogen (secondary N) is 1. The molecule has 0 aliphatic heterocycles. The second-order valence-corrected chi connectivity index (χ2v) is 8.29. The van der Waals surface area contributed by atoms with E-state index in [0.717, 1.165) is 22.9 Å². The van der Waals surface area contributed by atoms with Crippen LogP contribution in [0.25, 0.3) is 27.3 Å². The van der Waals surface area contributed by atoms with Crippen LogP contribution in [0.1, 0.15) is 34.8 Å². The fraction of sp³-hybridized carbons (Fsp3) is 0.174. The maximum atomic E-state index is 4.90. The zero-order valence-electron chi connectivity index (χ0n) is 15.2. The van der Waals surface area contributed by atoms with E-state index in [2.05, 4.69) is 40.6 Å². The van der Waals surface area contributed by atoms with Crippen LogP contribution in [-0.4, -0.2) is 15.0 Å². The van der Waals surface area contributed by atoms with Crippen LogP contribution in [0.3, 0.4) is 0 Å². The average molecular weight is 382 g/mol. The molecule has 4 aromatic rings. The van der Waals surface area contributed by atoms with Crippen LogP contribution in [0.5, 0.6) is 0 Å². The van der Waals surface area contributed by atoms with Crippen molar-refractivity contribution in [3.63, 3.8) is 0 Å². The number of rotatable bonds is 4. The maximum Gasteiger partial charge on any atom is 0.181 e. The van der Waals surface area contributed by atoms with Gasteiger partial charge in [0.2, 0.25) is 0 Å². The van der Waals surface area contributed by atoms with Crippen molar-refractivity contribution < 1.29 is 0 Å². The largest absolute Gasteiger partial charge is 0.365 e. The fourth-order valence-corrected chi connectivity index (χ4v) is 5.59. The van der Waals surface area contributed by atoms with Gasteiger partial charge in [0, 0.05) is 29.1 Å². The Kier molecular flexibility index (Phi) is 3.56. The van der Waals surface area contributed by atoms with E-state index in [1.165, 1.54) is 39.8 Å². The van der Waals surface area contributed by atoms with E-state index in [0.29, 0.717) is 11.7 Å². The molecule has 5 heteroatoms. The molecule has 1 atom stereocenters. The number of hydrogen-bond donors (Lipinski definition) is 1. The Morgan fingerprint density at radius 2 is 1.93 bits per heavy atom. The summed E-state index contributed by atoms with van der Waals surface area (Å²) in [4.78, 5) is 16.8. The number of anilines is 1. The quantitative estimate of drug-likeness (QED) is 0.496. The Hall–Kier alpha value is -3.05. The highest BCUT2D eigenvalue weighted by atomic mass is 32.1. The predicted octanol–water partition coefficient (Wildman–Crippen LogP) is 5.64. The first-order valence-electron chi connectivity index (χ1n) is 9.62. The van der Waals surface area contributed by atoms with Crippen molar-refractivity contribution in [3.05, 3.63) is 76.8 Å². The Balaban J connectivity index is 1.50. The standard InChI is InChI=1S/C23H18N4S/c1-2-7-14(8-3-1)13-25-22-19-18-15-9-6-10-16(15)20(18)28-23(19)27-21(26-22)17-11-4-5-12-24-17/h1-5,7-9,11-12,16H,6,10,13H2,(H,25,26,27). The molecule has 4 nitrogen and oxygen atoms in total. The van der Waals surface area contributed by atoms with Crippen molar-refractivity contribution in [1.29, 1.82) is 0 Å². The van der Waals surface area contributed by atoms with Gasteiger partial charge in [0.25, 0.3) is 0 Å². The van der Waals surface area contributed by atoms with Crippen molar-refractivity contribution in [1.82, 2.24) is 15.0 Å². The molecule has 0 bridgehead atoms. The van der Waals surface area contributed by atoms with Gasteiger partial charge >= 0.3 is 0 Å². The first-order valence-corrected chi connectivity index (χ1v) is 10.4. The molecule has 0 radical (unpaired) electrons. The van der Waals surface area contributed by atoms with Crippen LogP contribution < -0.4 is 5.32 Å². The molecule has 0 amide bonds. The summed E-state index contributed by atoms with van der Waals surface area (Å²) in [6.45, 7) is 0.738. The molecule has 3 aromatic heterocycles. The third kappa shape index (κ3) is 2.39. The molecule has 136 valence electrons. The molecule has 28 heavy (non-hydrogen) atoms. The van der Waals surface area contributed by atoms with Crippen LogP contribution in [0.15, 0.2) is 60.8 Å². The number of nitrogens with zero attached hydrogens (tertiary/aromatic N) is 3. The molecule has 2 aliphatic carbocycles. The van der Waals surface area contributed by atoms with Crippen LogP contribution in [0, 0.1) is 0 Å². The lowest BCUT2D eigenvalue weighted by atomic mass is 9.80. The smallest absolute Gasteiger partial charge is 0.181 e. The van der Waals surface area contributed by atoms with Gasteiger partial charge in [0.1, 0.15) is 16.3 Å². The van der Waals surface area contributed by atoms with Crippen LogP contribution in [-0.2, 0) is 6.54 Å². The fourth-order valence-electron chi connectivity index (χ4n) is 4.24. The van der Waals surface area contributed by atoms with Gasteiger partial charge in [-0.1, -0.05) is 42.5 Å². The SMILES string of the molecule is C1=C2c3c(sc4nc(-c5ccccn5)nc(NCc5ccccc5)c34)C2CC1. The van der Waals surface area contributed by atoms with Crippen molar-refractivity contribution in [2.24, 2.45) is 0 Å². The Bertz CT molecular complexity index is 1210. The van der Waals surface area contributed by atoms with Crippen molar-refractivity contribution >= 4 is 32.9 Å². The summed E-state index contributed by atoms with van der Waals surface area (Å²) in [6, 6.07) is 16.3. The van der Waals surface area contributed by atoms with E-state index in [9.17, 15) is 0 Å². The van der Waals surface area contributed by atoms with Gasteiger partial charge in [0.15, 0.2) is 5.82 Å². The highest BCUT2D eigenvalue weighted by Crippen LogP contribution is 2.59. The molecule has 0 saturated heterocycles. The Morgan fingerprint density at radius 1 is 1.04 bits per heavy atom. The molecule has 1 N–H and O–H groups in total. The van der Waals surface area contributed by atoms with E-state index >= 15 is 0 Å². The van der Waals surface area contributed by atoms with Gasteiger partial charge in [-0.3, -0.25) is 4.98 Å². The van der Waals surface area contributed by atoms with Gasteiger partial charge in [-0.2, -0.15) is 0 Å². The zero-order valence-corrected chi connectivity index (χ0v) is 16.0. The van der Waals surface area contributed by atoms with E-state index < -0.39 is 0 Å². The van der Waals surface area contributed by atoms with E-state index in [1.54, 1.807) is 6.20 Å². The molecule has 1 unspecified atom stereocenters. The van der Waals surface area contributed by atoms with Gasteiger partial charge in [-0.05, 0) is 36.1 Å². The van der Waals surface area contributed by atoms with Crippen molar-refractivity contribution in [2.75, 3.05) is 5.32 Å². The summed E-state index contributed by atoms with van der Waals surface area (Å²) in [5.41, 5.74) is 4.92. The third-order valence-corrected chi connectivity index (χ3v) is 6.77. The third-order valence-electron chi connectivity index (χ3n) is 5.58. The number of pyridine rings is 1. The molecule has 0 spiro atoms. The lowest BCUT2D eigenvalue weighted by molar-refractivity contribution is 0.797. The van der Waals surface area contributed by atoms with Crippen LogP contribution in [0.4, 0.5) is 5.82 Å². The summed E-state index contributed by atoms with van der Waals surface area (Å²) in [6.07, 6.45) is 6.61. The normalized spacial score (nSPS) is 17.0. The second-order valence-electron chi connectivity index (χ2n) is 7.26. The number of thiophene rings is 1. The molecule has 0 fully saturated rings. The van der Waals surface area contributed by atoms with Crippen molar-refractivity contribution in [2.45, 2.75) is 25.3 Å². The van der Waals surface area contributed by atoms with Crippen molar-refractivity contribution in [3.8, 4) is 11.5 Å². The van der Waals surface area contributed by atoms with Gasteiger partial charge in [-0.15, -0.1) is 11.3 Å². The molecular weight excluding hydrogens is 364 g/mol. The van der Waals surface area contributed by atoms with E-state index in [4.69, 9.17) is 9.97 Å². The Morgan fingerprint density at radius 3 is 2.79 bits per heavy atom. The minimum absolute atomic E-state index is 0.620. The van der Waals surface area contributed by atoms with Crippen LogP contribution in [0.2, 0.25) is 0 Å². The lowest BCUT2D eigenvalue weighted by Crippen LogP contribution is -2.10. The van der Waals surface area contributed by atoms with Crippen LogP contribution >= 0.6 is 11.3 Å². The number of allylic oxidation sites excluding steroid dienone is 2. The summed E-state index contributed by atoms with van der Waals surface area (Å²) in [5.74, 6) is 2.22. The summed E-state index contributed by atoms with van der Waals surface area (Å²) in [5, 5.41) is 4.76. The summed E-state index contributed by atoms with van der Waals surface area (Å²) < 4.78 is 0. The first kappa shape index (κ1) is 16.0. The monoisotopic (exact) mass is 382 g/mol. The summed E-state index contributed by atoms with van der Waals surface area (Å²) >= 11 is 1.83. The highest BCUT2D eigenvalue weighted by molar-refractivity contribution is 7.19. The Labute approximate surface area is 167 Å². The minimum Gasteiger partial charge on any atom is -0.365 e. The second kappa shape index (κ2) is 6.24. The van der Waals surface area contributed by atoms with Gasteiger partial charge in [-0.25, -0.2) is 9.97 Å². The number of hydrogen-bond acceptors (Lipinski definition) is 5. The van der Waals surface area contributed by atoms with Gasteiger partial charge < -0.3 is 5.32 Å². The van der Waals surface area contributed by atoms with Gasteiger partial charge in [0.05, 0.1) is 5.39 Å². The first-order chi connectivity index (χ1) is 13.9. The van der Waals surface area contributed by atoms with E-state index in [-0.39, 0.29) is 0 Å². The summed E-state index contributed by atoms with van der Waals surface area (Å²) in [7, 11) is 0. The molecule has 0 saturated carbocycles.